The van der Waals surface area contributed by atoms with Crippen molar-refractivity contribution in [1.29, 1.82) is 0 Å². The molecule has 0 bridgehead atoms. The average Bonchev–Trinajstić information content (AvgIpc) is 2.90. The van der Waals surface area contributed by atoms with E-state index in [0.29, 0.717) is 11.7 Å². The Kier molecular flexibility index (Phi) is 4.00. The number of benzene rings is 1. The molecule has 0 unspecified atom stereocenters. The van der Waals surface area contributed by atoms with Gasteiger partial charge in [-0.25, -0.2) is 4.79 Å². The van der Waals surface area contributed by atoms with Crippen molar-refractivity contribution in [3.05, 3.63) is 41.6 Å². The van der Waals surface area contributed by atoms with Crippen molar-refractivity contribution in [1.82, 2.24) is 5.16 Å². The lowest BCUT2D eigenvalue weighted by Gasteiger charge is -2.13. The first-order valence-electron chi connectivity index (χ1n) is 6.46. The third-order valence-corrected chi connectivity index (χ3v) is 3.36. The van der Waals surface area contributed by atoms with Gasteiger partial charge >= 0.3 is 5.97 Å². The summed E-state index contributed by atoms with van der Waals surface area (Å²) in [4.78, 5) is 10.8. The Morgan fingerprint density at radius 2 is 2.05 bits per heavy atom. The van der Waals surface area contributed by atoms with Crippen molar-refractivity contribution in [2.75, 3.05) is 0 Å². The SMILES string of the molecule is CCC(CC)c1cccc(-c2cc(C(=O)O)no2)c1. The van der Waals surface area contributed by atoms with Crippen LogP contribution in [0, 0.1) is 0 Å². The second kappa shape index (κ2) is 5.69. The van der Waals surface area contributed by atoms with Gasteiger partial charge in [0.15, 0.2) is 11.5 Å². The fourth-order valence-electron chi connectivity index (χ4n) is 2.22. The molecule has 2 rings (SSSR count). The summed E-state index contributed by atoms with van der Waals surface area (Å²) in [6, 6.07) is 9.46. The second-order valence-electron chi connectivity index (χ2n) is 4.52. The van der Waals surface area contributed by atoms with Crippen molar-refractivity contribution in [2.45, 2.75) is 32.6 Å². The van der Waals surface area contributed by atoms with E-state index in [4.69, 9.17) is 9.63 Å². The topological polar surface area (TPSA) is 63.3 Å². The number of carbonyl (C=O) groups is 1. The van der Waals surface area contributed by atoms with E-state index in [2.05, 4.69) is 25.1 Å². The fraction of sp³-hybridized carbons (Fsp3) is 0.333. The number of hydrogen-bond donors (Lipinski definition) is 1. The molecule has 1 N–H and O–H groups in total. The lowest BCUT2D eigenvalue weighted by atomic mass is 9.92. The first-order valence-corrected chi connectivity index (χ1v) is 6.46. The number of nitrogens with zero attached hydrogens (tertiary/aromatic N) is 1. The molecule has 4 heteroatoms. The van der Waals surface area contributed by atoms with E-state index >= 15 is 0 Å². The standard InChI is InChI=1S/C15H17NO3/c1-3-10(4-2)11-6-5-7-12(8-11)14-9-13(15(17)18)16-19-14/h5-10H,3-4H2,1-2H3,(H,17,18). The summed E-state index contributed by atoms with van der Waals surface area (Å²) < 4.78 is 5.08. The predicted octanol–water partition coefficient (Wildman–Crippen LogP) is 3.94. The molecule has 0 fully saturated rings. The molecule has 0 radical (unpaired) electrons. The summed E-state index contributed by atoms with van der Waals surface area (Å²) in [7, 11) is 0. The Balaban J connectivity index is 2.34. The number of aromatic nitrogens is 1. The Morgan fingerprint density at radius 1 is 1.32 bits per heavy atom. The van der Waals surface area contributed by atoms with Crippen molar-refractivity contribution >= 4 is 5.97 Å². The quantitative estimate of drug-likeness (QED) is 0.883. The molecule has 0 amide bonds. The van der Waals surface area contributed by atoms with E-state index in [0.717, 1.165) is 18.4 Å². The van der Waals surface area contributed by atoms with Crippen molar-refractivity contribution < 1.29 is 14.4 Å². The zero-order valence-electron chi connectivity index (χ0n) is 11.1. The van der Waals surface area contributed by atoms with E-state index in [-0.39, 0.29) is 5.69 Å². The summed E-state index contributed by atoms with van der Waals surface area (Å²) in [5.41, 5.74) is 2.04. The Hall–Kier alpha value is -2.10. The number of rotatable bonds is 5. The lowest BCUT2D eigenvalue weighted by Crippen LogP contribution is -1.95. The summed E-state index contributed by atoms with van der Waals surface area (Å²) in [6.45, 7) is 4.33. The molecule has 0 atom stereocenters. The average molecular weight is 259 g/mol. The first kappa shape index (κ1) is 13.3. The van der Waals surface area contributed by atoms with Crippen LogP contribution in [0.2, 0.25) is 0 Å². The van der Waals surface area contributed by atoms with Crippen molar-refractivity contribution in [3.63, 3.8) is 0 Å². The van der Waals surface area contributed by atoms with Gasteiger partial charge in [0.25, 0.3) is 0 Å². The van der Waals surface area contributed by atoms with Gasteiger partial charge in [-0.2, -0.15) is 0 Å². The highest BCUT2D eigenvalue weighted by Crippen LogP contribution is 2.28. The van der Waals surface area contributed by atoms with Crippen LogP contribution in [0.5, 0.6) is 0 Å². The highest BCUT2D eigenvalue weighted by molar-refractivity contribution is 5.86. The number of carboxylic acids is 1. The molecule has 1 aromatic carbocycles. The van der Waals surface area contributed by atoms with Gasteiger partial charge in [-0.05, 0) is 30.4 Å². The van der Waals surface area contributed by atoms with Crippen LogP contribution < -0.4 is 0 Å². The van der Waals surface area contributed by atoms with Crippen LogP contribution >= 0.6 is 0 Å². The molecule has 0 spiro atoms. The van der Waals surface area contributed by atoms with Crippen LogP contribution in [0.3, 0.4) is 0 Å². The Labute approximate surface area is 112 Å². The van der Waals surface area contributed by atoms with Gasteiger partial charge in [-0.3, -0.25) is 0 Å². The van der Waals surface area contributed by atoms with Gasteiger partial charge in [-0.1, -0.05) is 37.2 Å². The van der Waals surface area contributed by atoms with Crippen LogP contribution in [0.4, 0.5) is 0 Å². The molecule has 1 heterocycles. The summed E-state index contributed by atoms with van der Waals surface area (Å²) in [6.07, 6.45) is 2.16. The molecule has 19 heavy (non-hydrogen) atoms. The maximum Gasteiger partial charge on any atom is 0.358 e. The Morgan fingerprint density at radius 3 is 2.63 bits per heavy atom. The van der Waals surface area contributed by atoms with Gasteiger partial charge in [-0.15, -0.1) is 0 Å². The van der Waals surface area contributed by atoms with Gasteiger partial charge in [0.2, 0.25) is 0 Å². The molecule has 1 aromatic heterocycles. The van der Waals surface area contributed by atoms with E-state index < -0.39 is 5.97 Å². The normalized spacial score (nSPS) is 10.9. The van der Waals surface area contributed by atoms with E-state index in [1.165, 1.54) is 11.6 Å². The number of hydrogen-bond acceptors (Lipinski definition) is 3. The monoisotopic (exact) mass is 259 g/mol. The van der Waals surface area contributed by atoms with Crippen LogP contribution in [-0.2, 0) is 0 Å². The molecule has 2 aromatic rings. The molecule has 0 aliphatic heterocycles. The maximum atomic E-state index is 10.8. The third-order valence-electron chi connectivity index (χ3n) is 3.36. The second-order valence-corrected chi connectivity index (χ2v) is 4.52. The largest absolute Gasteiger partial charge is 0.476 e. The van der Waals surface area contributed by atoms with E-state index in [1.54, 1.807) is 0 Å². The third kappa shape index (κ3) is 2.84. The molecule has 0 saturated carbocycles. The van der Waals surface area contributed by atoms with Crippen LogP contribution in [0.1, 0.15) is 48.7 Å². The van der Waals surface area contributed by atoms with E-state index in [1.807, 2.05) is 18.2 Å². The fourth-order valence-corrected chi connectivity index (χ4v) is 2.22. The Bertz CT molecular complexity index is 570. The highest BCUT2D eigenvalue weighted by atomic mass is 16.5. The first-order chi connectivity index (χ1) is 9.15. The smallest absolute Gasteiger partial charge is 0.358 e. The maximum absolute atomic E-state index is 10.8. The van der Waals surface area contributed by atoms with Crippen LogP contribution in [0.25, 0.3) is 11.3 Å². The minimum absolute atomic E-state index is 0.0667. The van der Waals surface area contributed by atoms with E-state index in [9.17, 15) is 4.79 Å². The van der Waals surface area contributed by atoms with Gasteiger partial charge in [0, 0.05) is 11.6 Å². The summed E-state index contributed by atoms with van der Waals surface area (Å²) in [5.74, 6) is -0.0711. The zero-order valence-corrected chi connectivity index (χ0v) is 11.1. The molecular formula is C15H17NO3. The minimum atomic E-state index is -1.08. The molecule has 4 nitrogen and oxygen atoms in total. The van der Waals surface area contributed by atoms with Gasteiger partial charge in [0.05, 0.1) is 0 Å². The molecule has 100 valence electrons. The predicted molar refractivity (Wildman–Crippen MR) is 72.2 cm³/mol. The summed E-state index contributed by atoms with van der Waals surface area (Å²) >= 11 is 0. The van der Waals surface area contributed by atoms with Gasteiger partial charge < -0.3 is 9.63 Å². The molecule has 0 aliphatic carbocycles. The molecule has 0 aliphatic rings. The van der Waals surface area contributed by atoms with Gasteiger partial charge in [0.1, 0.15) is 0 Å². The summed E-state index contributed by atoms with van der Waals surface area (Å²) in [5, 5.41) is 12.4. The van der Waals surface area contributed by atoms with Crippen LogP contribution in [-0.4, -0.2) is 16.2 Å². The number of carboxylic acid groups (broad SMARTS) is 1. The number of aromatic carboxylic acids is 1. The lowest BCUT2D eigenvalue weighted by molar-refractivity contribution is 0.0686. The van der Waals surface area contributed by atoms with Crippen LogP contribution in [0.15, 0.2) is 34.9 Å². The zero-order chi connectivity index (χ0) is 13.8. The van der Waals surface area contributed by atoms with Crippen molar-refractivity contribution in [3.8, 4) is 11.3 Å². The highest BCUT2D eigenvalue weighted by Gasteiger charge is 2.13. The molecular weight excluding hydrogens is 242 g/mol. The molecule has 0 saturated heterocycles. The minimum Gasteiger partial charge on any atom is -0.476 e. The van der Waals surface area contributed by atoms with Crippen molar-refractivity contribution in [2.24, 2.45) is 0 Å².